The second-order valence-corrected chi connectivity index (χ2v) is 9.80. The summed E-state index contributed by atoms with van der Waals surface area (Å²) in [7, 11) is 0. The van der Waals surface area contributed by atoms with E-state index in [0.717, 1.165) is 45.4 Å². The van der Waals surface area contributed by atoms with Gasteiger partial charge in [0.15, 0.2) is 0 Å². The van der Waals surface area contributed by atoms with Gasteiger partial charge in [0.2, 0.25) is 0 Å². The third kappa shape index (κ3) is 6.96. The summed E-state index contributed by atoms with van der Waals surface area (Å²) in [5.74, 6) is 0.410. The molecule has 0 spiro atoms. The van der Waals surface area contributed by atoms with Crippen molar-refractivity contribution >= 4 is 12.1 Å². The van der Waals surface area contributed by atoms with Gasteiger partial charge in [0.05, 0.1) is 12.2 Å². The molecule has 0 aromatic heterocycles. The molecule has 0 radical (unpaired) electrons. The minimum atomic E-state index is -0.439. The topological polar surface area (TPSA) is 59.1 Å². The van der Waals surface area contributed by atoms with Gasteiger partial charge in [-0.25, -0.2) is 9.59 Å². The molecule has 2 fully saturated rings. The third-order valence-electron chi connectivity index (χ3n) is 6.24. The van der Waals surface area contributed by atoms with Gasteiger partial charge in [-0.1, -0.05) is 12.1 Å². The van der Waals surface area contributed by atoms with Crippen molar-refractivity contribution in [2.75, 3.05) is 32.8 Å². The largest absolute Gasteiger partial charge is 0.462 e. The van der Waals surface area contributed by atoms with Crippen molar-refractivity contribution in [2.24, 2.45) is 5.92 Å². The van der Waals surface area contributed by atoms with Crippen LogP contribution in [0.1, 0.15) is 69.3 Å². The molecule has 2 heterocycles. The van der Waals surface area contributed by atoms with Crippen LogP contribution in [0.15, 0.2) is 24.3 Å². The number of hydrogen-bond donors (Lipinski definition) is 0. The first-order valence-corrected chi connectivity index (χ1v) is 11.7. The maximum atomic E-state index is 12.3. The molecule has 6 nitrogen and oxygen atoms in total. The van der Waals surface area contributed by atoms with Crippen molar-refractivity contribution in [1.82, 2.24) is 9.80 Å². The molecule has 0 saturated carbocycles. The number of esters is 1. The van der Waals surface area contributed by atoms with Crippen molar-refractivity contribution in [3.05, 3.63) is 35.4 Å². The van der Waals surface area contributed by atoms with Crippen LogP contribution in [-0.4, -0.2) is 66.3 Å². The lowest BCUT2D eigenvalue weighted by molar-refractivity contribution is 0.0118. The first-order valence-electron chi connectivity index (χ1n) is 11.7. The summed E-state index contributed by atoms with van der Waals surface area (Å²) >= 11 is 0. The van der Waals surface area contributed by atoms with Crippen LogP contribution in [0, 0.1) is 5.92 Å². The number of hydrogen-bond acceptors (Lipinski definition) is 5. The van der Waals surface area contributed by atoms with Gasteiger partial charge in [-0.3, -0.25) is 0 Å². The first kappa shape index (κ1) is 23.6. The van der Waals surface area contributed by atoms with Crippen molar-refractivity contribution < 1.29 is 19.1 Å². The lowest BCUT2D eigenvalue weighted by Crippen LogP contribution is -2.49. The fourth-order valence-electron chi connectivity index (χ4n) is 4.64. The molecule has 3 rings (SSSR count). The Morgan fingerprint density at radius 3 is 2.32 bits per heavy atom. The van der Waals surface area contributed by atoms with Crippen LogP contribution >= 0.6 is 0 Å². The third-order valence-corrected chi connectivity index (χ3v) is 6.24. The Hall–Kier alpha value is -2.08. The summed E-state index contributed by atoms with van der Waals surface area (Å²) in [4.78, 5) is 28.7. The molecule has 0 aliphatic carbocycles. The zero-order valence-corrected chi connectivity index (χ0v) is 19.6. The molecule has 2 aliphatic heterocycles. The monoisotopic (exact) mass is 430 g/mol. The molecule has 1 aromatic rings. The van der Waals surface area contributed by atoms with Crippen molar-refractivity contribution in [1.29, 1.82) is 0 Å². The van der Waals surface area contributed by atoms with Crippen LogP contribution in [0.3, 0.4) is 0 Å². The molecule has 31 heavy (non-hydrogen) atoms. The molecule has 0 bridgehead atoms. The van der Waals surface area contributed by atoms with E-state index < -0.39 is 5.60 Å². The SMILES string of the molecule is CCOC(=O)c1cccc(CC2CCN(C3CCN(C(=O)OC(C)(C)C)CC3)CC2)c1. The number of nitrogens with zero attached hydrogens (tertiary/aromatic N) is 2. The van der Waals surface area contributed by atoms with Gasteiger partial charge in [0.25, 0.3) is 0 Å². The highest BCUT2D eigenvalue weighted by molar-refractivity contribution is 5.89. The Bertz CT molecular complexity index is 742. The van der Waals surface area contributed by atoms with Gasteiger partial charge in [-0.05, 0) is 96.5 Å². The molecule has 1 aromatic carbocycles. The Morgan fingerprint density at radius 1 is 1.03 bits per heavy atom. The lowest BCUT2D eigenvalue weighted by Gasteiger charge is -2.42. The van der Waals surface area contributed by atoms with Crippen molar-refractivity contribution in [2.45, 2.75) is 71.4 Å². The summed E-state index contributed by atoms with van der Waals surface area (Å²) in [6, 6.07) is 8.44. The van der Waals surface area contributed by atoms with Gasteiger partial charge >= 0.3 is 12.1 Å². The van der Waals surface area contributed by atoms with Crippen molar-refractivity contribution in [3.8, 4) is 0 Å². The predicted octanol–water partition coefficient (Wildman–Crippen LogP) is 4.52. The molecule has 0 atom stereocenters. The second kappa shape index (κ2) is 10.5. The number of likely N-dealkylation sites (tertiary alicyclic amines) is 2. The molecule has 6 heteroatoms. The smallest absolute Gasteiger partial charge is 0.410 e. The Kier molecular flexibility index (Phi) is 7.98. The quantitative estimate of drug-likeness (QED) is 0.643. The van der Waals surface area contributed by atoms with Gasteiger partial charge in [0.1, 0.15) is 5.60 Å². The zero-order valence-electron chi connectivity index (χ0n) is 19.6. The normalized spacial score (nSPS) is 19.3. The van der Waals surface area contributed by atoms with Crippen molar-refractivity contribution in [3.63, 3.8) is 0 Å². The van der Waals surface area contributed by atoms with Crippen LogP contribution in [0.5, 0.6) is 0 Å². The molecule has 172 valence electrons. The van der Waals surface area contributed by atoms with Crippen LogP contribution < -0.4 is 0 Å². The van der Waals surface area contributed by atoms with Crippen LogP contribution in [0.4, 0.5) is 4.79 Å². The van der Waals surface area contributed by atoms with E-state index in [-0.39, 0.29) is 12.1 Å². The van der Waals surface area contributed by atoms with E-state index >= 15 is 0 Å². The fourth-order valence-corrected chi connectivity index (χ4v) is 4.64. The highest BCUT2D eigenvalue weighted by Gasteiger charge is 2.31. The van der Waals surface area contributed by atoms with Gasteiger partial charge in [0, 0.05) is 19.1 Å². The van der Waals surface area contributed by atoms with E-state index in [9.17, 15) is 9.59 Å². The number of amides is 1. The van der Waals surface area contributed by atoms with E-state index in [1.54, 1.807) is 0 Å². The number of benzene rings is 1. The zero-order chi connectivity index (χ0) is 22.4. The Labute approximate surface area is 186 Å². The Morgan fingerprint density at radius 2 is 1.71 bits per heavy atom. The standard InChI is InChI=1S/C25H38N2O4/c1-5-30-23(28)21-8-6-7-20(18-21)17-19-9-13-26(14-10-19)22-11-15-27(16-12-22)24(29)31-25(2,3)4/h6-8,18-19,22H,5,9-17H2,1-4H3. The van der Waals surface area contributed by atoms with E-state index in [1.165, 1.54) is 18.4 Å². The fraction of sp³-hybridized carbons (Fsp3) is 0.680. The van der Waals surface area contributed by atoms with Gasteiger partial charge in [-0.2, -0.15) is 0 Å². The second-order valence-electron chi connectivity index (χ2n) is 9.80. The molecule has 1 amide bonds. The summed E-state index contributed by atoms with van der Waals surface area (Å²) in [5, 5.41) is 0. The Balaban J connectivity index is 1.43. The van der Waals surface area contributed by atoms with E-state index in [1.807, 2.05) is 50.8 Å². The maximum Gasteiger partial charge on any atom is 0.410 e. The van der Waals surface area contributed by atoms with Gasteiger partial charge < -0.3 is 19.3 Å². The molecule has 0 unspecified atom stereocenters. The van der Waals surface area contributed by atoms with Crippen LogP contribution in [-0.2, 0) is 15.9 Å². The first-order chi connectivity index (χ1) is 14.7. The highest BCUT2D eigenvalue weighted by atomic mass is 16.6. The van der Waals surface area contributed by atoms with Crippen LogP contribution in [0.2, 0.25) is 0 Å². The van der Waals surface area contributed by atoms with Gasteiger partial charge in [-0.15, -0.1) is 0 Å². The molecule has 2 aliphatic rings. The van der Waals surface area contributed by atoms with E-state index in [2.05, 4.69) is 11.0 Å². The molecular weight excluding hydrogens is 392 g/mol. The maximum absolute atomic E-state index is 12.3. The van der Waals surface area contributed by atoms with E-state index in [0.29, 0.717) is 24.1 Å². The average Bonchev–Trinajstić information content (AvgIpc) is 2.74. The number of piperidine rings is 2. The highest BCUT2D eigenvalue weighted by Crippen LogP contribution is 2.27. The summed E-state index contributed by atoms with van der Waals surface area (Å²) in [6.45, 7) is 11.7. The van der Waals surface area contributed by atoms with E-state index in [4.69, 9.17) is 9.47 Å². The minimum absolute atomic E-state index is 0.185. The number of carbonyl (C=O) groups is 2. The number of rotatable bonds is 5. The number of ether oxygens (including phenoxy) is 2. The summed E-state index contributed by atoms with van der Waals surface area (Å²) < 4.78 is 10.6. The minimum Gasteiger partial charge on any atom is -0.462 e. The molecule has 0 N–H and O–H groups in total. The predicted molar refractivity (Wildman–Crippen MR) is 121 cm³/mol. The average molecular weight is 431 g/mol. The lowest BCUT2D eigenvalue weighted by atomic mass is 9.88. The van der Waals surface area contributed by atoms with Crippen LogP contribution in [0.25, 0.3) is 0 Å². The summed E-state index contributed by atoms with van der Waals surface area (Å²) in [5.41, 5.74) is 1.43. The summed E-state index contributed by atoms with van der Waals surface area (Å²) in [6.07, 6.45) is 5.22. The molecular formula is C25H38N2O4. The number of carbonyl (C=O) groups excluding carboxylic acids is 2. The molecule has 2 saturated heterocycles.